The van der Waals surface area contributed by atoms with E-state index in [1.165, 1.54) is 0 Å². The van der Waals surface area contributed by atoms with Gasteiger partial charge in [-0.15, -0.1) is 11.3 Å². The summed E-state index contributed by atoms with van der Waals surface area (Å²) in [7, 11) is 0. The van der Waals surface area contributed by atoms with Gasteiger partial charge in [-0.3, -0.25) is 4.79 Å². The number of aromatic nitrogens is 1. The standard InChI is InChI=1S/C22H20ClN3O2S/c23-15-9-7-14(8-10-15)21-25-19(13-29-21)20-24-18-6-2-1-5-17(18)22(27)26(20)12-16-4-3-11-28-16/h1-2,5-10,13,16,20,24H,3-4,11-12H2. The Morgan fingerprint density at radius 1 is 1.21 bits per heavy atom. The molecule has 29 heavy (non-hydrogen) atoms. The monoisotopic (exact) mass is 425 g/mol. The molecule has 3 aromatic rings. The van der Waals surface area contributed by atoms with E-state index in [4.69, 9.17) is 21.3 Å². The fourth-order valence-electron chi connectivity index (χ4n) is 3.86. The highest BCUT2D eigenvalue weighted by Crippen LogP contribution is 2.36. The minimum atomic E-state index is -0.320. The van der Waals surface area contributed by atoms with Gasteiger partial charge < -0.3 is 15.0 Å². The second kappa shape index (κ2) is 7.78. The molecule has 2 unspecified atom stereocenters. The van der Waals surface area contributed by atoms with Crippen molar-refractivity contribution in [3.05, 3.63) is 70.2 Å². The second-order valence-corrected chi connectivity index (χ2v) is 8.56. The third kappa shape index (κ3) is 3.64. The van der Waals surface area contributed by atoms with Gasteiger partial charge in [-0.05, 0) is 37.1 Å². The first-order valence-electron chi connectivity index (χ1n) is 9.68. The Kier molecular flexibility index (Phi) is 4.99. The minimum absolute atomic E-state index is 0.0147. The van der Waals surface area contributed by atoms with Gasteiger partial charge in [0.05, 0.1) is 17.4 Å². The number of hydrogen-bond acceptors (Lipinski definition) is 5. The normalized spacial score (nSPS) is 21.1. The van der Waals surface area contributed by atoms with E-state index in [1.807, 2.05) is 58.8 Å². The molecule has 0 bridgehead atoms. The second-order valence-electron chi connectivity index (χ2n) is 7.27. The molecule has 1 aromatic heterocycles. The van der Waals surface area contributed by atoms with E-state index in [-0.39, 0.29) is 18.2 Å². The number of hydrogen-bond donors (Lipinski definition) is 1. The number of halogens is 1. The van der Waals surface area contributed by atoms with Crippen molar-refractivity contribution in [1.82, 2.24) is 9.88 Å². The molecule has 0 saturated carbocycles. The number of nitrogens with one attached hydrogen (secondary N) is 1. The number of para-hydroxylation sites is 1. The number of carbonyl (C=O) groups excluding carboxylic acids is 1. The highest BCUT2D eigenvalue weighted by molar-refractivity contribution is 7.13. The fraction of sp³-hybridized carbons (Fsp3) is 0.273. The number of anilines is 1. The lowest BCUT2D eigenvalue weighted by Gasteiger charge is -2.38. The number of nitrogens with zero attached hydrogens (tertiary/aromatic N) is 2. The Labute approximate surface area is 178 Å². The zero-order valence-corrected chi connectivity index (χ0v) is 17.2. The van der Waals surface area contributed by atoms with Gasteiger partial charge in [-0.2, -0.15) is 0 Å². The van der Waals surface area contributed by atoms with Gasteiger partial charge in [-0.1, -0.05) is 35.9 Å². The van der Waals surface area contributed by atoms with Crippen LogP contribution in [0.1, 0.15) is 35.1 Å². The molecule has 148 valence electrons. The van der Waals surface area contributed by atoms with E-state index in [2.05, 4.69) is 5.32 Å². The molecule has 2 aromatic carbocycles. The number of rotatable bonds is 4. The molecule has 5 nitrogen and oxygen atoms in total. The molecule has 2 aliphatic heterocycles. The summed E-state index contributed by atoms with van der Waals surface area (Å²) in [6.07, 6.45) is 1.77. The Balaban J connectivity index is 1.49. The molecule has 5 rings (SSSR count). The van der Waals surface area contributed by atoms with Crippen molar-refractivity contribution in [3.63, 3.8) is 0 Å². The predicted molar refractivity (Wildman–Crippen MR) is 115 cm³/mol. The number of fused-ring (bicyclic) bond motifs is 1. The lowest BCUT2D eigenvalue weighted by atomic mass is 10.1. The molecule has 1 fully saturated rings. The van der Waals surface area contributed by atoms with Crippen molar-refractivity contribution < 1.29 is 9.53 Å². The van der Waals surface area contributed by atoms with Gasteiger partial charge in [0.1, 0.15) is 11.2 Å². The summed E-state index contributed by atoms with van der Waals surface area (Å²) in [6, 6.07) is 15.3. The predicted octanol–water partition coefficient (Wildman–Crippen LogP) is 5.21. The molecule has 1 amide bonds. The van der Waals surface area contributed by atoms with E-state index in [0.29, 0.717) is 17.1 Å². The maximum atomic E-state index is 13.3. The van der Waals surface area contributed by atoms with Gasteiger partial charge in [0, 0.05) is 34.8 Å². The van der Waals surface area contributed by atoms with Gasteiger partial charge in [0.2, 0.25) is 0 Å². The summed E-state index contributed by atoms with van der Waals surface area (Å²) in [5.41, 5.74) is 3.38. The highest BCUT2D eigenvalue weighted by atomic mass is 35.5. The first-order valence-corrected chi connectivity index (χ1v) is 10.9. The smallest absolute Gasteiger partial charge is 0.257 e. The number of amides is 1. The van der Waals surface area contributed by atoms with Crippen LogP contribution in [0, 0.1) is 0 Å². The van der Waals surface area contributed by atoms with E-state index in [1.54, 1.807) is 11.3 Å². The van der Waals surface area contributed by atoms with Gasteiger partial charge in [0.15, 0.2) is 0 Å². The Bertz CT molecular complexity index is 1030. The van der Waals surface area contributed by atoms with Gasteiger partial charge in [0.25, 0.3) is 5.91 Å². The third-order valence-electron chi connectivity index (χ3n) is 5.34. The van der Waals surface area contributed by atoms with Gasteiger partial charge in [-0.25, -0.2) is 4.98 Å². The molecule has 0 radical (unpaired) electrons. The van der Waals surface area contributed by atoms with E-state index < -0.39 is 0 Å². The van der Waals surface area contributed by atoms with Crippen molar-refractivity contribution in [3.8, 4) is 10.6 Å². The van der Waals surface area contributed by atoms with Crippen molar-refractivity contribution in [2.24, 2.45) is 0 Å². The summed E-state index contributed by atoms with van der Waals surface area (Å²) in [4.78, 5) is 20.0. The Morgan fingerprint density at radius 3 is 2.83 bits per heavy atom. The van der Waals surface area contributed by atoms with Crippen LogP contribution in [0.5, 0.6) is 0 Å². The molecule has 1 saturated heterocycles. The molecule has 0 aliphatic carbocycles. The average Bonchev–Trinajstić information content (AvgIpc) is 3.43. The van der Waals surface area contributed by atoms with Crippen LogP contribution in [0.15, 0.2) is 53.9 Å². The van der Waals surface area contributed by atoms with E-state index in [0.717, 1.165) is 41.4 Å². The van der Waals surface area contributed by atoms with Crippen molar-refractivity contribution >= 4 is 34.5 Å². The molecule has 1 N–H and O–H groups in total. The third-order valence-corrected chi connectivity index (χ3v) is 6.50. The maximum absolute atomic E-state index is 13.3. The molecule has 3 heterocycles. The first-order chi connectivity index (χ1) is 14.2. The van der Waals surface area contributed by atoms with Crippen LogP contribution >= 0.6 is 22.9 Å². The van der Waals surface area contributed by atoms with Crippen molar-refractivity contribution in [2.75, 3.05) is 18.5 Å². The summed E-state index contributed by atoms with van der Waals surface area (Å²) in [5, 5.41) is 7.14. The number of thiazole rings is 1. The quantitative estimate of drug-likeness (QED) is 0.623. The van der Waals surface area contributed by atoms with Crippen LogP contribution in [0.2, 0.25) is 5.02 Å². The largest absolute Gasteiger partial charge is 0.376 e. The zero-order valence-electron chi connectivity index (χ0n) is 15.7. The number of carbonyl (C=O) groups is 1. The minimum Gasteiger partial charge on any atom is -0.376 e. The Hall–Kier alpha value is -2.41. The summed E-state index contributed by atoms with van der Waals surface area (Å²) >= 11 is 7.57. The van der Waals surface area contributed by atoms with Crippen LogP contribution in [0.25, 0.3) is 10.6 Å². The van der Waals surface area contributed by atoms with Crippen LogP contribution in [-0.4, -0.2) is 35.0 Å². The molecular weight excluding hydrogens is 406 g/mol. The van der Waals surface area contributed by atoms with Crippen molar-refractivity contribution in [2.45, 2.75) is 25.1 Å². The number of ether oxygens (including phenoxy) is 1. The van der Waals surface area contributed by atoms with Crippen LogP contribution < -0.4 is 5.32 Å². The summed E-state index contributed by atoms with van der Waals surface area (Å²) in [6.45, 7) is 1.32. The zero-order chi connectivity index (χ0) is 19.8. The number of benzene rings is 2. The van der Waals surface area contributed by atoms with E-state index >= 15 is 0 Å². The fourth-order valence-corrected chi connectivity index (χ4v) is 4.83. The maximum Gasteiger partial charge on any atom is 0.257 e. The lowest BCUT2D eigenvalue weighted by molar-refractivity contribution is 0.0423. The van der Waals surface area contributed by atoms with Crippen LogP contribution in [0.4, 0.5) is 5.69 Å². The van der Waals surface area contributed by atoms with Crippen molar-refractivity contribution in [1.29, 1.82) is 0 Å². The summed E-state index contributed by atoms with van der Waals surface area (Å²) < 4.78 is 5.81. The molecule has 2 atom stereocenters. The first kappa shape index (κ1) is 18.6. The topological polar surface area (TPSA) is 54.5 Å². The Morgan fingerprint density at radius 2 is 2.03 bits per heavy atom. The molecule has 7 heteroatoms. The van der Waals surface area contributed by atoms with E-state index in [9.17, 15) is 4.79 Å². The highest BCUT2D eigenvalue weighted by Gasteiger charge is 2.36. The van der Waals surface area contributed by atoms with Crippen LogP contribution in [-0.2, 0) is 4.74 Å². The SMILES string of the molecule is O=C1c2ccccc2NC(c2csc(-c3ccc(Cl)cc3)n2)N1CC1CCCO1. The molecule has 2 aliphatic rings. The molecular formula is C22H20ClN3O2S. The van der Waals surface area contributed by atoms with Gasteiger partial charge >= 0.3 is 0 Å². The summed E-state index contributed by atoms with van der Waals surface area (Å²) in [5.74, 6) is 0.0147. The van der Waals surface area contributed by atoms with Crippen LogP contribution in [0.3, 0.4) is 0 Å². The molecule has 0 spiro atoms. The lowest BCUT2D eigenvalue weighted by Crippen LogP contribution is -2.46. The average molecular weight is 426 g/mol.